The third-order valence-corrected chi connectivity index (χ3v) is 3.02. The highest BCUT2D eigenvalue weighted by Gasteiger charge is 2.03. The molecule has 1 heterocycles. The average molecular weight is 288 g/mol. The smallest absolute Gasteiger partial charge is 0.411 e. The van der Waals surface area contributed by atoms with Crippen LogP contribution in [0, 0.1) is 0 Å². The van der Waals surface area contributed by atoms with Gasteiger partial charge in [0.1, 0.15) is 0 Å². The minimum Gasteiger partial charge on any atom is -0.450 e. The molecule has 0 saturated heterocycles. The summed E-state index contributed by atoms with van der Waals surface area (Å²) in [6, 6.07) is 7.48. The molecule has 21 heavy (non-hydrogen) atoms. The zero-order valence-electron chi connectivity index (χ0n) is 12.3. The predicted molar refractivity (Wildman–Crippen MR) is 82.3 cm³/mol. The number of hydrogen-bond acceptors (Lipinski definition) is 4. The molecule has 1 amide bonds. The zero-order valence-corrected chi connectivity index (χ0v) is 12.3. The first-order chi connectivity index (χ1) is 10.2. The lowest BCUT2D eigenvalue weighted by molar-refractivity contribution is 0.168. The zero-order chi connectivity index (χ0) is 15.1. The highest BCUT2D eigenvalue weighted by molar-refractivity contribution is 5.84. The summed E-state index contributed by atoms with van der Waals surface area (Å²) in [6.07, 6.45) is 3.24. The lowest BCUT2D eigenvalue weighted by Crippen LogP contribution is -2.13. The first kappa shape index (κ1) is 14.9. The van der Waals surface area contributed by atoms with Crippen LogP contribution in [0.15, 0.2) is 36.8 Å². The largest absolute Gasteiger partial charge is 0.450 e. The second kappa shape index (κ2) is 7.33. The van der Waals surface area contributed by atoms with Gasteiger partial charge in [-0.25, -0.2) is 9.78 Å². The predicted octanol–water partition coefficient (Wildman–Crippen LogP) is 3.08. The maximum absolute atomic E-state index is 11.3. The van der Waals surface area contributed by atoms with Gasteiger partial charge in [0.25, 0.3) is 0 Å². The van der Waals surface area contributed by atoms with E-state index in [9.17, 15) is 4.79 Å². The lowest BCUT2D eigenvalue weighted by atomic mass is 10.2. The SMILES string of the molecule is CCOC(=O)Nc1ccc(NCc2cncn2CC)cc1. The first-order valence-electron chi connectivity index (χ1n) is 6.99. The molecular weight excluding hydrogens is 268 g/mol. The quantitative estimate of drug-likeness (QED) is 0.857. The van der Waals surface area contributed by atoms with Crippen LogP contribution in [-0.2, 0) is 17.8 Å². The fraction of sp³-hybridized carbons (Fsp3) is 0.333. The molecule has 0 aliphatic carbocycles. The van der Waals surface area contributed by atoms with E-state index in [1.807, 2.05) is 36.8 Å². The molecule has 0 fully saturated rings. The Balaban J connectivity index is 1.89. The normalized spacial score (nSPS) is 10.2. The maximum Gasteiger partial charge on any atom is 0.411 e. The van der Waals surface area contributed by atoms with E-state index in [-0.39, 0.29) is 0 Å². The minimum atomic E-state index is -0.440. The number of carbonyl (C=O) groups is 1. The Kier molecular flexibility index (Phi) is 5.20. The molecule has 1 aromatic carbocycles. The number of amides is 1. The number of ether oxygens (including phenoxy) is 1. The van der Waals surface area contributed by atoms with E-state index in [0.29, 0.717) is 18.8 Å². The minimum absolute atomic E-state index is 0.358. The topological polar surface area (TPSA) is 68.2 Å². The number of carbonyl (C=O) groups excluding carboxylic acids is 1. The Hall–Kier alpha value is -2.50. The van der Waals surface area contributed by atoms with Gasteiger partial charge in [0.15, 0.2) is 0 Å². The number of imidazole rings is 1. The monoisotopic (exact) mass is 288 g/mol. The van der Waals surface area contributed by atoms with Crippen LogP contribution in [0.1, 0.15) is 19.5 Å². The molecule has 2 rings (SSSR count). The van der Waals surface area contributed by atoms with E-state index in [1.54, 1.807) is 6.92 Å². The van der Waals surface area contributed by atoms with Crippen LogP contribution in [0.3, 0.4) is 0 Å². The van der Waals surface area contributed by atoms with Crippen molar-refractivity contribution in [1.29, 1.82) is 0 Å². The van der Waals surface area contributed by atoms with E-state index in [0.717, 1.165) is 17.9 Å². The van der Waals surface area contributed by atoms with Crippen molar-refractivity contribution in [2.45, 2.75) is 26.9 Å². The van der Waals surface area contributed by atoms with Gasteiger partial charge in [-0.15, -0.1) is 0 Å². The molecule has 112 valence electrons. The summed E-state index contributed by atoms with van der Waals surface area (Å²) in [6.45, 7) is 5.82. The highest BCUT2D eigenvalue weighted by Crippen LogP contribution is 2.14. The van der Waals surface area contributed by atoms with E-state index in [1.165, 1.54) is 0 Å². The average Bonchev–Trinajstić information content (AvgIpc) is 2.94. The van der Waals surface area contributed by atoms with Crippen molar-refractivity contribution < 1.29 is 9.53 Å². The fourth-order valence-corrected chi connectivity index (χ4v) is 1.93. The molecule has 6 nitrogen and oxygen atoms in total. The van der Waals surface area contributed by atoms with Crippen molar-refractivity contribution in [2.75, 3.05) is 17.2 Å². The molecule has 1 aromatic heterocycles. The Morgan fingerprint density at radius 1 is 1.24 bits per heavy atom. The maximum atomic E-state index is 11.3. The molecule has 0 saturated carbocycles. The van der Waals surface area contributed by atoms with E-state index in [4.69, 9.17) is 4.74 Å². The van der Waals surface area contributed by atoms with Gasteiger partial charge >= 0.3 is 6.09 Å². The Labute approximate surface area is 124 Å². The summed E-state index contributed by atoms with van der Waals surface area (Å²) < 4.78 is 6.91. The van der Waals surface area contributed by atoms with Gasteiger partial charge in [0.2, 0.25) is 0 Å². The van der Waals surface area contributed by atoms with Crippen LogP contribution in [0.5, 0.6) is 0 Å². The number of aryl methyl sites for hydroxylation is 1. The van der Waals surface area contributed by atoms with E-state index in [2.05, 4.69) is 27.1 Å². The van der Waals surface area contributed by atoms with Crippen LogP contribution in [0.4, 0.5) is 16.2 Å². The van der Waals surface area contributed by atoms with Crippen LogP contribution in [0.25, 0.3) is 0 Å². The lowest BCUT2D eigenvalue weighted by Gasteiger charge is -2.09. The van der Waals surface area contributed by atoms with Crippen molar-refractivity contribution in [2.24, 2.45) is 0 Å². The van der Waals surface area contributed by atoms with Crippen molar-refractivity contribution in [3.05, 3.63) is 42.5 Å². The number of nitrogens with zero attached hydrogens (tertiary/aromatic N) is 2. The van der Waals surface area contributed by atoms with Crippen LogP contribution in [0.2, 0.25) is 0 Å². The van der Waals surface area contributed by atoms with Gasteiger partial charge < -0.3 is 14.6 Å². The number of benzene rings is 1. The van der Waals surface area contributed by atoms with Gasteiger partial charge in [-0.05, 0) is 38.1 Å². The van der Waals surface area contributed by atoms with Crippen LogP contribution < -0.4 is 10.6 Å². The van der Waals surface area contributed by atoms with Crippen LogP contribution >= 0.6 is 0 Å². The van der Waals surface area contributed by atoms with Gasteiger partial charge in [0, 0.05) is 24.1 Å². The molecule has 2 aromatic rings. The number of anilines is 2. The third-order valence-electron chi connectivity index (χ3n) is 3.02. The van der Waals surface area contributed by atoms with Crippen molar-refractivity contribution in [3.63, 3.8) is 0 Å². The standard InChI is InChI=1S/C15H20N4O2/c1-3-19-11-16-9-14(19)10-17-12-5-7-13(8-6-12)18-15(20)21-4-2/h5-9,11,17H,3-4,10H2,1-2H3,(H,18,20). The molecular formula is C15H20N4O2. The molecule has 0 aliphatic heterocycles. The number of rotatable bonds is 6. The molecule has 0 unspecified atom stereocenters. The van der Waals surface area contributed by atoms with Crippen molar-refractivity contribution in [3.8, 4) is 0 Å². The van der Waals surface area contributed by atoms with Crippen molar-refractivity contribution in [1.82, 2.24) is 9.55 Å². The molecule has 0 atom stereocenters. The molecule has 0 bridgehead atoms. The molecule has 0 radical (unpaired) electrons. The summed E-state index contributed by atoms with van der Waals surface area (Å²) >= 11 is 0. The number of aromatic nitrogens is 2. The summed E-state index contributed by atoms with van der Waals surface area (Å²) in [5.74, 6) is 0. The number of hydrogen-bond donors (Lipinski definition) is 2. The summed E-state index contributed by atoms with van der Waals surface area (Å²) in [5.41, 5.74) is 2.82. The van der Waals surface area contributed by atoms with Gasteiger partial charge in [-0.2, -0.15) is 0 Å². The van der Waals surface area contributed by atoms with Gasteiger partial charge in [-0.3, -0.25) is 5.32 Å². The molecule has 6 heteroatoms. The molecule has 0 aliphatic rings. The fourth-order valence-electron chi connectivity index (χ4n) is 1.93. The Bertz CT molecular complexity index is 578. The van der Waals surface area contributed by atoms with E-state index >= 15 is 0 Å². The highest BCUT2D eigenvalue weighted by atomic mass is 16.5. The van der Waals surface area contributed by atoms with Gasteiger partial charge in [0.05, 0.1) is 25.2 Å². The number of nitrogens with one attached hydrogen (secondary N) is 2. The molecule has 2 N–H and O–H groups in total. The van der Waals surface area contributed by atoms with E-state index < -0.39 is 6.09 Å². The summed E-state index contributed by atoms with van der Waals surface area (Å²) in [5, 5.41) is 5.98. The molecule has 0 spiro atoms. The summed E-state index contributed by atoms with van der Waals surface area (Å²) in [4.78, 5) is 15.4. The second-order valence-electron chi connectivity index (χ2n) is 4.45. The Morgan fingerprint density at radius 3 is 2.62 bits per heavy atom. The van der Waals surface area contributed by atoms with Crippen LogP contribution in [-0.4, -0.2) is 22.3 Å². The summed E-state index contributed by atoms with van der Waals surface area (Å²) in [7, 11) is 0. The first-order valence-corrected chi connectivity index (χ1v) is 6.99. The van der Waals surface area contributed by atoms with Gasteiger partial charge in [-0.1, -0.05) is 0 Å². The Morgan fingerprint density at radius 2 is 1.95 bits per heavy atom. The van der Waals surface area contributed by atoms with Crippen molar-refractivity contribution >= 4 is 17.5 Å². The third kappa shape index (κ3) is 4.24. The second-order valence-corrected chi connectivity index (χ2v) is 4.45.